The van der Waals surface area contributed by atoms with Crippen molar-refractivity contribution in [2.45, 2.75) is 6.92 Å². The van der Waals surface area contributed by atoms with Crippen molar-refractivity contribution in [3.8, 4) is 22.8 Å². The van der Waals surface area contributed by atoms with Crippen molar-refractivity contribution in [2.75, 3.05) is 0 Å². The van der Waals surface area contributed by atoms with Gasteiger partial charge in [0, 0.05) is 25.5 Å². The average molecular weight is 332 g/mol. The number of furan rings is 1. The van der Waals surface area contributed by atoms with Crippen LogP contribution in [0.5, 0.6) is 11.6 Å². The van der Waals surface area contributed by atoms with Crippen LogP contribution in [-0.4, -0.2) is 9.55 Å². The molecule has 0 saturated heterocycles. The van der Waals surface area contributed by atoms with E-state index in [0.717, 1.165) is 27.7 Å². The van der Waals surface area contributed by atoms with Crippen molar-refractivity contribution < 1.29 is 9.15 Å². The van der Waals surface area contributed by atoms with E-state index in [1.807, 2.05) is 37.3 Å². The van der Waals surface area contributed by atoms with Gasteiger partial charge in [-0.3, -0.25) is 4.79 Å². The van der Waals surface area contributed by atoms with Crippen molar-refractivity contribution in [2.24, 2.45) is 7.05 Å². The standard InChI is InChI=1S/C20H16N2O3/c1-13-11-15(25-20-17-7-10-24-18(17)5-8-21-20)3-4-16(13)14-6-9-22(2)19(23)12-14/h3-12H,1-2H3. The summed E-state index contributed by atoms with van der Waals surface area (Å²) in [7, 11) is 1.74. The molecule has 4 aromatic rings. The zero-order chi connectivity index (χ0) is 17.4. The summed E-state index contributed by atoms with van der Waals surface area (Å²) < 4.78 is 12.8. The van der Waals surface area contributed by atoms with Crippen LogP contribution in [0.2, 0.25) is 0 Å². The smallest absolute Gasteiger partial charge is 0.250 e. The molecular weight excluding hydrogens is 316 g/mol. The molecule has 5 heteroatoms. The van der Waals surface area contributed by atoms with Crippen LogP contribution in [0.1, 0.15) is 5.56 Å². The normalized spacial score (nSPS) is 11.0. The van der Waals surface area contributed by atoms with Crippen molar-refractivity contribution in [3.05, 3.63) is 77.0 Å². The fraction of sp³-hybridized carbons (Fsp3) is 0.100. The summed E-state index contributed by atoms with van der Waals surface area (Å²) in [6.07, 6.45) is 5.04. The maximum Gasteiger partial charge on any atom is 0.250 e. The SMILES string of the molecule is Cc1cc(Oc2nccc3occc23)ccc1-c1ccn(C)c(=O)c1. The number of ether oxygens (including phenoxy) is 1. The molecule has 0 spiro atoms. The minimum absolute atomic E-state index is 0.0342. The topological polar surface area (TPSA) is 57.3 Å². The zero-order valence-electron chi connectivity index (χ0n) is 13.9. The van der Waals surface area contributed by atoms with E-state index in [1.165, 1.54) is 0 Å². The van der Waals surface area contributed by atoms with Gasteiger partial charge in [0.15, 0.2) is 0 Å². The van der Waals surface area contributed by atoms with Gasteiger partial charge in [0.05, 0.1) is 11.6 Å². The Morgan fingerprint density at radius 3 is 2.80 bits per heavy atom. The van der Waals surface area contributed by atoms with Gasteiger partial charge in [-0.05, 0) is 53.9 Å². The van der Waals surface area contributed by atoms with E-state index in [2.05, 4.69) is 4.98 Å². The zero-order valence-corrected chi connectivity index (χ0v) is 13.9. The highest BCUT2D eigenvalue weighted by Gasteiger charge is 2.09. The number of aromatic nitrogens is 2. The molecule has 0 N–H and O–H groups in total. The largest absolute Gasteiger partial charge is 0.464 e. The van der Waals surface area contributed by atoms with E-state index >= 15 is 0 Å². The first-order valence-electron chi connectivity index (χ1n) is 7.89. The molecule has 5 nitrogen and oxygen atoms in total. The molecule has 3 heterocycles. The predicted molar refractivity (Wildman–Crippen MR) is 95.9 cm³/mol. The molecular formula is C20H16N2O3. The van der Waals surface area contributed by atoms with Gasteiger partial charge >= 0.3 is 0 Å². The lowest BCUT2D eigenvalue weighted by molar-refractivity contribution is 0.468. The summed E-state index contributed by atoms with van der Waals surface area (Å²) in [4.78, 5) is 16.1. The molecule has 124 valence electrons. The Labute approximate surface area is 144 Å². The highest BCUT2D eigenvalue weighted by atomic mass is 16.5. The summed E-state index contributed by atoms with van der Waals surface area (Å²) in [6, 6.07) is 13.0. The highest BCUT2D eigenvalue weighted by Crippen LogP contribution is 2.31. The molecule has 3 aromatic heterocycles. The van der Waals surface area contributed by atoms with Crippen LogP contribution in [0.4, 0.5) is 0 Å². The molecule has 0 atom stereocenters. The second-order valence-electron chi connectivity index (χ2n) is 5.89. The van der Waals surface area contributed by atoms with Crippen LogP contribution < -0.4 is 10.3 Å². The predicted octanol–water partition coefficient (Wildman–Crippen LogP) is 4.29. The van der Waals surface area contributed by atoms with Crippen LogP contribution in [0.25, 0.3) is 22.1 Å². The second-order valence-corrected chi connectivity index (χ2v) is 5.89. The lowest BCUT2D eigenvalue weighted by Gasteiger charge is -2.10. The molecule has 0 unspecified atom stereocenters. The van der Waals surface area contributed by atoms with Gasteiger partial charge in [-0.25, -0.2) is 4.98 Å². The summed E-state index contributed by atoms with van der Waals surface area (Å²) in [5.74, 6) is 1.19. The number of pyridine rings is 2. The number of rotatable bonds is 3. The Kier molecular flexibility index (Phi) is 3.61. The molecule has 0 bridgehead atoms. The fourth-order valence-electron chi connectivity index (χ4n) is 2.80. The maximum atomic E-state index is 11.9. The van der Waals surface area contributed by atoms with Gasteiger partial charge in [-0.1, -0.05) is 6.07 Å². The number of aryl methyl sites for hydroxylation is 2. The molecule has 25 heavy (non-hydrogen) atoms. The minimum Gasteiger partial charge on any atom is -0.464 e. The number of benzene rings is 1. The molecule has 0 radical (unpaired) electrons. The third-order valence-corrected chi connectivity index (χ3v) is 4.17. The Bertz CT molecular complexity index is 1130. The molecule has 1 aromatic carbocycles. The number of fused-ring (bicyclic) bond motifs is 1. The monoisotopic (exact) mass is 332 g/mol. The number of hydrogen-bond donors (Lipinski definition) is 0. The fourth-order valence-corrected chi connectivity index (χ4v) is 2.80. The second kappa shape index (κ2) is 5.94. The molecule has 0 fully saturated rings. The van der Waals surface area contributed by atoms with E-state index in [-0.39, 0.29) is 5.56 Å². The Morgan fingerprint density at radius 1 is 1.12 bits per heavy atom. The highest BCUT2D eigenvalue weighted by molar-refractivity contribution is 5.82. The first kappa shape index (κ1) is 15.2. The summed E-state index contributed by atoms with van der Waals surface area (Å²) in [6.45, 7) is 1.99. The third-order valence-electron chi connectivity index (χ3n) is 4.17. The van der Waals surface area contributed by atoms with Crippen LogP contribution in [0, 0.1) is 6.92 Å². The molecule has 0 amide bonds. The number of hydrogen-bond acceptors (Lipinski definition) is 4. The molecule has 4 rings (SSSR count). The van der Waals surface area contributed by atoms with Gasteiger partial charge in [0.1, 0.15) is 11.3 Å². The van der Waals surface area contributed by atoms with Gasteiger partial charge in [-0.2, -0.15) is 0 Å². The average Bonchev–Trinajstić information content (AvgIpc) is 3.07. The quantitative estimate of drug-likeness (QED) is 0.561. The minimum atomic E-state index is -0.0342. The van der Waals surface area contributed by atoms with Crippen molar-refractivity contribution in [1.82, 2.24) is 9.55 Å². The Balaban J connectivity index is 1.69. The molecule has 0 saturated carbocycles. The van der Waals surface area contributed by atoms with Gasteiger partial charge in [-0.15, -0.1) is 0 Å². The van der Waals surface area contributed by atoms with Crippen LogP contribution >= 0.6 is 0 Å². The Hall–Kier alpha value is -3.34. The first-order chi connectivity index (χ1) is 12.1. The third kappa shape index (κ3) is 2.80. The Morgan fingerprint density at radius 2 is 2.00 bits per heavy atom. The van der Waals surface area contributed by atoms with E-state index in [4.69, 9.17) is 9.15 Å². The van der Waals surface area contributed by atoms with Crippen LogP contribution in [-0.2, 0) is 7.05 Å². The van der Waals surface area contributed by atoms with E-state index in [0.29, 0.717) is 11.6 Å². The summed E-state index contributed by atoms with van der Waals surface area (Å²) >= 11 is 0. The van der Waals surface area contributed by atoms with E-state index in [1.54, 1.807) is 42.4 Å². The van der Waals surface area contributed by atoms with Crippen LogP contribution in [0.15, 0.2) is 70.3 Å². The lowest BCUT2D eigenvalue weighted by atomic mass is 10.0. The van der Waals surface area contributed by atoms with E-state index < -0.39 is 0 Å². The summed E-state index contributed by atoms with van der Waals surface area (Å²) in [5, 5.41) is 0.829. The van der Waals surface area contributed by atoms with Crippen LogP contribution in [0.3, 0.4) is 0 Å². The summed E-state index contributed by atoms with van der Waals surface area (Å²) in [5.41, 5.74) is 3.61. The van der Waals surface area contributed by atoms with Crippen molar-refractivity contribution in [3.63, 3.8) is 0 Å². The van der Waals surface area contributed by atoms with Crippen molar-refractivity contribution >= 4 is 11.0 Å². The van der Waals surface area contributed by atoms with Gasteiger partial charge in [0.25, 0.3) is 5.56 Å². The van der Waals surface area contributed by atoms with Crippen molar-refractivity contribution in [1.29, 1.82) is 0 Å². The lowest BCUT2D eigenvalue weighted by Crippen LogP contribution is -2.14. The van der Waals surface area contributed by atoms with E-state index in [9.17, 15) is 4.79 Å². The number of nitrogens with zero attached hydrogens (tertiary/aromatic N) is 2. The molecule has 0 aliphatic rings. The molecule has 0 aliphatic heterocycles. The first-order valence-corrected chi connectivity index (χ1v) is 7.89. The van der Waals surface area contributed by atoms with Gasteiger partial charge < -0.3 is 13.7 Å². The van der Waals surface area contributed by atoms with Gasteiger partial charge in [0.2, 0.25) is 5.88 Å². The molecule has 0 aliphatic carbocycles. The maximum absolute atomic E-state index is 11.9.